The standard InChI is InChI=1S/C30H36ClNO4S/c1-5-6-8-23-10-16-26(17-11-23)32(37(34,35)28-20-14-25(31)15-21-28)29(33)9-7-22-36-27-18-12-24(13-19-27)30(2,3)4/h10-21H,5-9,22H2,1-4H3. The van der Waals surface area contributed by atoms with Crippen LogP contribution in [0.5, 0.6) is 5.75 Å². The first-order valence-electron chi connectivity index (χ1n) is 12.7. The van der Waals surface area contributed by atoms with Gasteiger partial charge in [-0.05, 0) is 84.3 Å². The van der Waals surface area contributed by atoms with Gasteiger partial charge in [0.1, 0.15) is 5.75 Å². The molecular weight excluding hydrogens is 506 g/mol. The van der Waals surface area contributed by atoms with Crippen LogP contribution in [-0.2, 0) is 26.7 Å². The Labute approximate surface area is 226 Å². The molecule has 0 unspecified atom stereocenters. The van der Waals surface area contributed by atoms with E-state index in [1.54, 1.807) is 12.1 Å². The fourth-order valence-electron chi connectivity index (χ4n) is 3.87. The van der Waals surface area contributed by atoms with Gasteiger partial charge in [0.15, 0.2) is 0 Å². The van der Waals surface area contributed by atoms with E-state index < -0.39 is 15.9 Å². The quantitative estimate of drug-likeness (QED) is 0.235. The van der Waals surface area contributed by atoms with Crippen molar-refractivity contribution in [3.8, 4) is 5.75 Å². The number of hydrogen-bond donors (Lipinski definition) is 0. The minimum atomic E-state index is -4.12. The molecule has 0 saturated carbocycles. The SMILES string of the molecule is CCCCc1ccc(N(C(=O)CCCOc2ccc(C(C)(C)C)cc2)S(=O)(=O)c2ccc(Cl)cc2)cc1. The summed E-state index contributed by atoms with van der Waals surface area (Å²) in [5, 5.41) is 0.421. The average Bonchev–Trinajstić information content (AvgIpc) is 2.86. The Kier molecular flexibility index (Phi) is 9.80. The topological polar surface area (TPSA) is 63.7 Å². The number of sulfonamides is 1. The normalized spacial score (nSPS) is 11.8. The summed E-state index contributed by atoms with van der Waals surface area (Å²) < 4.78 is 33.8. The van der Waals surface area contributed by atoms with Crippen LogP contribution in [0.15, 0.2) is 77.7 Å². The molecule has 7 heteroatoms. The van der Waals surface area contributed by atoms with Gasteiger partial charge in [-0.25, -0.2) is 12.7 Å². The molecule has 0 bridgehead atoms. The van der Waals surface area contributed by atoms with Crippen LogP contribution in [0.25, 0.3) is 0 Å². The van der Waals surface area contributed by atoms with Crippen molar-refractivity contribution in [3.63, 3.8) is 0 Å². The van der Waals surface area contributed by atoms with E-state index in [-0.39, 0.29) is 16.7 Å². The smallest absolute Gasteiger partial charge is 0.270 e. The Morgan fingerprint density at radius 3 is 2.08 bits per heavy atom. The van der Waals surface area contributed by atoms with E-state index >= 15 is 0 Å². The molecule has 1 amide bonds. The zero-order valence-corrected chi connectivity index (χ0v) is 23.6. The van der Waals surface area contributed by atoms with Gasteiger partial charge in [-0.3, -0.25) is 4.79 Å². The number of ether oxygens (including phenoxy) is 1. The molecule has 5 nitrogen and oxygen atoms in total. The van der Waals surface area contributed by atoms with E-state index in [0.29, 0.717) is 29.5 Å². The Hall–Kier alpha value is -2.83. The molecular formula is C30H36ClNO4S. The number of rotatable bonds is 11. The maximum atomic E-state index is 13.5. The van der Waals surface area contributed by atoms with Crippen molar-refractivity contribution in [2.45, 2.75) is 70.1 Å². The summed E-state index contributed by atoms with van der Waals surface area (Å²) >= 11 is 5.96. The van der Waals surface area contributed by atoms with E-state index in [4.69, 9.17) is 16.3 Å². The molecule has 0 saturated heterocycles. The number of nitrogens with zero attached hydrogens (tertiary/aromatic N) is 1. The van der Waals surface area contributed by atoms with E-state index in [1.807, 2.05) is 36.4 Å². The minimum absolute atomic E-state index is 0.00972. The highest BCUT2D eigenvalue weighted by molar-refractivity contribution is 7.93. The third-order valence-corrected chi connectivity index (χ3v) is 8.11. The number of amides is 1. The van der Waals surface area contributed by atoms with Crippen LogP contribution in [0, 0.1) is 0 Å². The summed E-state index contributed by atoms with van der Waals surface area (Å²) in [6.45, 7) is 8.87. The van der Waals surface area contributed by atoms with Crippen LogP contribution in [0.4, 0.5) is 5.69 Å². The Balaban J connectivity index is 1.74. The van der Waals surface area contributed by atoms with Crippen LogP contribution in [0.3, 0.4) is 0 Å². The third-order valence-electron chi connectivity index (χ3n) is 6.09. The van der Waals surface area contributed by atoms with Crippen LogP contribution in [0.1, 0.15) is 64.5 Å². The largest absolute Gasteiger partial charge is 0.494 e. The van der Waals surface area contributed by atoms with Gasteiger partial charge >= 0.3 is 0 Å². The fraction of sp³-hybridized carbons (Fsp3) is 0.367. The molecule has 0 radical (unpaired) electrons. The first-order chi connectivity index (χ1) is 17.5. The first kappa shape index (κ1) is 28.7. The van der Waals surface area contributed by atoms with Gasteiger partial charge in [-0.1, -0.05) is 70.0 Å². The minimum Gasteiger partial charge on any atom is -0.494 e. The molecule has 3 rings (SSSR count). The van der Waals surface area contributed by atoms with Crippen molar-refractivity contribution >= 4 is 33.2 Å². The van der Waals surface area contributed by atoms with Crippen LogP contribution in [-0.4, -0.2) is 20.9 Å². The highest BCUT2D eigenvalue weighted by Crippen LogP contribution is 2.27. The molecule has 0 aliphatic rings. The highest BCUT2D eigenvalue weighted by atomic mass is 35.5. The molecule has 3 aromatic rings. The van der Waals surface area contributed by atoms with Gasteiger partial charge in [0, 0.05) is 11.4 Å². The summed E-state index contributed by atoms with van der Waals surface area (Å²) in [4.78, 5) is 13.3. The van der Waals surface area contributed by atoms with Crippen molar-refractivity contribution in [2.24, 2.45) is 0 Å². The molecule has 0 aliphatic heterocycles. The summed E-state index contributed by atoms with van der Waals surface area (Å²) in [5.74, 6) is 0.205. The number of benzene rings is 3. The molecule has 0 heterocycles. The number of anilines is 1. The summed E-state index contributed by atoms with van der Waals surface area (Å²) in [6, 6.07) is 20.9. The second-order valence-electron chi connectivity index (χ2n) is 10.1. The van der Waals surface area contributed by atoms with Gasteiger partial charge in [0.05, 0.1) is 17.2 Å². The van der Waals surface area contributed by atoms with Gasteiger partial charge in [0.25, 0.3) is 10.0 Å². The Bertz CT molecular complexity index is 1260. The monoisotopic (exact) mass is 541 g/mol. The molecule has 0 fully saturated rings. The second kappa shape index (κ2) is 12.6. The van der Waals surface area contributed by atoms with Crippen LogP contribution >= 0.6 is 11.6 Å². The van der Waals surface area contributed by atoms with Crippen molar-refractivity contribution in [2.75, 3.05) is 10.9 Å². The lowest BCUT2D eigenvalue weighted by molar-refractivity contribution is -0.117. The van der Waals surface area contributed by atoms with Gasteiger partial charge < -0.3 is 4.74 Å². The van der Waals surface area contributed by atoms with Crippen molar-refractivity contribution < 1.29 is 17.9 Å². The zero-order valence-electron chi connectivity index (χ0n) is 22.0. The first-order valence-corrected chi connectivity index (χ1v) is 14.5. The zero-order chi connectivity index (χ0) is 27.1. The van der Waals surface area contributed by atoms with Crippen molar-refractivity contribution in [3.05, 3.63) is 88.9 Å². The van der Waals surface area contributed by atoms with Gasteiger partial charge in [0.2, 0.25) is 5.91 Å². The third kappa shape index (κ3) is 7.83. The Morgan fingerprint density at radius 1 is 0.892 bits per heavy atom. The maximum Gasteiger partial charge on any atom is 0.270 e. The maximum absolute atomic E-state index is 13.5. The molecule has 37 heavy (non-hydrogen) atoms. The molecule has 198 valence electrons. The fourth-order valence-corrected chi connectivity index (χ4v) is 5.45. The molecule has 0 N–H and O–H groups in total. The molecule has 0 aromatic heterocycles. The van der Waals surface area contributed by atoms with Crippen molar-refractivity contribution in [1.29, 1.82) is 0 Å². The average molecular weight is 542 g/mol. The van der Waals surface area contributed by atoms with E-state index in [2.05, 4.69) is 27.7 Å². The summed E-state index contributed by atoms with van der Waals surface area (Å²) in [6.07, 6.45) is 3.42. The number of unbranched alkanes of at least 4 members (excludes halogenated alkanes) is 1. The van der Waals surface area contributed by atoms with E-state index in [9.17, 15) is 13.2 Å². The predicted molar refractivity (Wildman–Crippen MR) is 151 cm³/mol. The highest BCUT2D eigenvalue weighted by Gasteiger charge is 2.30. The van der Waals surface area contributed by atoms with Crippen LogP contribution < -0.4 is 9.04 Å². The van der Waals surface area contributed by atoms with Gasteiger partial charge in [-0.2, -0.15) is 0 Å². The molecule has 0 aliphatic carbocycles. The van der Waals surface area contributed by atoms with E-state index in [1.165, 1.54) is 29.8 Å². The number of hydrogen-bond acceptors (Lipinski definition) is 4. The van der Waals surface area contributed by atoms with Crippen LogP contribution in [0.2, 0.25) is 5.02 Å². The lowest BCUT2D eigenvalue weighted by Gasteiger charge is -2.23. The number of aryl methyl sites for hydroxylation is 1. The van der Waals surface area contributed by atoms with Crippen molar-refractivity contribution in [1.82, 2.24) is 0 Å². The predicted octanol–water partition coefficient (Wildman–Crippen LogP) is 7.56. The van der Waals surface area contributed by atoms with E-state index in [0.717, 1.165) is 29.1 Å². The second-order valence-corrected chi connectivity index (χ2v) is 12.3. The lowest BCUT2D eigenvalue weighted by atomic mass is 9.87. The Morgan fingerprint density at radius 2 is 1.51 bits per heavy atom. The summed E-state index contributed by atoms with van der Waals surface area (Å²) in [7, 11) is -4.12. The molecule has 3 aromatic carbocycles. The van der Waals surface area contributed by atoms with Gasteiger partial charge in [-0.15, -0.1) is 0 Å². The number of halogens is 1. The number of carbonyl (C=O) groups excluding carboxylic acids is 1. The molecule has 0 atom stereocenters. The molecule has 0 spiro atoms. The lowest BCUT2D eigenvalue weighted by Crippen LogP contribution is -2.37. The summed E-state index contributed by atoms with van der Waals surface area (Å²) in [5.41, 5.74) is 2.68. The number of carbonyl (C=O) groups is 1.